The van der Waals surface area contributed by atoms with Crippen LogP contribution in [0.1, 0.15) is 13.8 Å². The molecule has 4 nitrogen and oxygen atoms in total. The van der Waals surface area contributed by atoms with Crippen molar-refractivity contribution in [1.82, 2.24) is 15.5 Å². The molecule has 0 aromatic carbocycles. The second-order valence-corrected chi connectivity index (χ2v) is 4.98. The van der Waals surface area contributed by atoms with Gasteiger partial charge in [0.1, 0.15) is 0 Å². The second kappa shape index (κ2) is 5.82. The molecule has 1 rings (SSSR count). The van der Waals surface area contributed by atoms with Gasteiger partial charge in [0.2, 0.25) is 0 Å². The maximum absolute atomic E-state index is 11.8. The van der Waals surface area contributed by atoms with Crippen LogP contribution in [0.2, 0.25) is 0 Å². The van der Waals surface area contributed by atoms with E-state index in [2.05, 4.69) is 31.1 Å². The minimum atomic E-state index is -0.457. The van der Waals surface area contributed by atoms with Gasteiger partial charge >= 0.3 is 114 Å². The molecule has 0 aromatic heterocycles. The fourth-order valence-electron chi connectivity index (χ4n) is 1.46. The summed E-state index contributed by atoms with van der Waals surface area (Å²) < 4.78 is 0.836. The number of thiocarbonyl (C=S) groups is 2. The summed E-state index contributed by atoms with van der Waals surface area (Å²) in [6.45, 7) is 5.72. The van der Waals surface area contributed by atoms with E-state index >= 15 is 0 Å². The van der Waals surface area contributed by atoms with Crippen LogP contribution in [0.15, 0.2) is 0 Å². The van der Waals surface area contributed by atoms with Crippen LogP contribution in [0.25, 0.3) is 0 Å². The third kappa shape index (κ3) is 2.85. The van der Waals surface area contributed by atoms with Crippen LogP contribution >= 0.6 is 24.4 Å². The van der Waals surface area contributed by atoms with E-state index in [1.165, 1.54) is 0 Å². The normalized spacial score (nSPS) is 20.1. The molecule has 2 N–H and O–H groups in total. The molecule has 88 valence electrons. The van der Waals surface area contributed by atoms with Gasteiger partial charge in [0.25, 0.3) is 0 Å². The molecule has 0 saturated carbocycles. The first-order valence-corrected chi connectivity index (χ1v) is 6.63. The zero-order valence-electron chi connectivity index (χ0n) is 9.07. The Morgan fingerprint density at radius 2 is 1.94 bits per heavy atom. The molecule has 1 aliphatic heterocycles. The third-order valence-corrected chi connectivity index (χ3v) is 3.90. The van der Waals surface area contributed by atoms with E-state index in [0.717, 1.165) is 17.6 Å². The molecule has 0 spiro atoms. The van der Waals surface area contributed by atoms with Crippen molar-refractivity contribution in [3.8, 4) is 0 Å². The number of hydrogen-bond acceptors (Lipinski definition) is 4. The molecule has 1 saturated heterocycles. The van der Waals surface area contributed by atoms with Gasteiger partial charge in [-0.15, -0.1) is 0 Å². The molecule has 1 amide bonds. The van der Waals surface area contributed by atoms with Crippen molar-refractivity contribution >= 4 is 60.6 Å². The van der Waals surface area contributed by atoms with E-state index in [1.807, 2.05) is 13.8 Å². The van der Waals surface area contributed by atoms with Crippen molar-refractivity contribution in [3.63, 3.8) is 0 Å². The van der Waals surface area contributed by atoms with Crippen molar-refractivity contribution in [2.75, 3.05) is 13.1 Å². The van der Waals surface area contributed by atoms with Crippen molar-refractivity contribution in [2.24, 2.45) is 5.92 Å². The zero-order chi connectivity index (χ0) is 12.3. The van der Waals surface area contributed by atoms with E-state index in [-0.39, 0.29) is 11.0 Å². The van der Waals surface area contributed by atoms with E-state index in [9.17, 15) is 4.79 Å². The molecule has 16 heavy (non-hydrogen) atoms. The molecule has 7 heteroatoms. The van der Waals surface area contributed by atoms with Crippen LogP contribution in [-0.4, -0.2) is 54.1 Å². The van der Waals surface area contributed by atoms with Gasteiger partial charge in [-0.3, -0.25) is 0 Å². The summed E-state index contributed by atoms with van der Waals surface area (Å²) >= 11 is 12.9. The average molecular weight is 322 g/mol. The summed E-state index contributed by atoms with van der Waals surface area (Å²) in [5.41, 5.74) is 0. The summed E-state index contributed by atoms with van der Waals surface area (Å²) in [6, 6.07) is 0. The quantitative estimate of drug-likeness (QED) is 0.543. The summed E-state index contributed by atoms with van der Waals surface area (Å²) in [7, 11) is 0. The Hall–Kier alpha value is -0.361. The van der Waals surface area contributed by atoms with Crippen molar-refractivity contribution in [1.29, 1.82) is 0 Å². The molecule has 0 aliphatic carbocycles. The van der Waals surface area contributed by atoms with Crippen LogP contribution < -0.4 is 10.6 Å². The molecule has 0 bridgehead atoms. The number of carbonyl (C=O) groups is 1. The molecule has 1 fully saturated rings. The monoisotopic (exact) mass is 323 g/mol. The van der Waals surface area contributed by atoms with Crippen LogP contribution in [0.4, 0.5) is 0 Å². The van der Waals surface area contributed by atoms with Gasteiger partial charge in [0.05, 0.1) is 0 Å². The van der Waals surface area contributed by atoms with Gasteiger partial charge in [-0.25, -0.2) is 0 Å². The van der Waals surface area contributed by atoms with Crippen molar-refractivity contribution in [2.45, 2.75) is 13.8 Å². The maximum atomic E-state index is 11.8. The average Bonchev–Trinajstić information content (AvgIpc) is 2.17. The fourth-order valence-corrected chi connectivity index (χ4v) is 3.24. The van der Waals surface area contributed by atoms with Gasteiger partial charge in [-0.1, -0.05) is 0 Å². The van der Waals surface area contributed by atoms with Gasteiger partial charge in [0.15, 0.2) is 0 Å². The SMILES string of the molecule is CCN(CC)C(=[Se])C1C(=O)NC(=S)NC1=S. The van der Waals surface area contributed by atoms with E-state index in [1.54, 1.807) is 0 Å². The van der Waals surface area contributed by atoms with Crippen LogP contribution in [0.3, 0.4) is 0 Å². The molecule has 1 unspecified atom stereocenters. The van der Waals surface area contributed by atoms with Crippen LogP contribution in [-0.2, 0) is 4.79 Å². The molecule has 0 radical (unpaired) electrons. The fraction of sp³-hybridized carbons (Fsp3) is 0.556. The Morgan fingerprint density at radius 3 is 2.38 bits per heavy atom. The van der Waals surface area contributed by atoms with Gasteiger partial charge in [-0.05, 0) is 0 Å². The van der Waals surface area contributed by atoms with E-state index < -0.39 is 5.92 Å². The Labute approximate surface area is 113 Å². The number of carbonyl (C=O) groups excluding carboxylic acids is 1. The van der Waals surface area contributed by atoms with Crippen molar-refractivity contribution < 1.29 is 4.79 Å². The first-order chi connectivity index (χ1) is 7.51. The van der Waals surface area contributed by atoms with E-state index in [4.69, 9.17) is 24.4 Å². The summed E-state index contributed by atoms with van der Waals surface area (Å²) in [5, 5.41) is 5.65. The first-order valence-electron chi connectivity index (χ1n) is 4.95. The van der Waals surface area contributed by atoms with Crippen LogP contribution in [0.5, 0.6) is 0 Å². The molecular weight excluding hydrogens is 309 g/mol. The van der Waals surface area contributed by atoms with Crippen LogP contribution in [0, 0.1) is 5.92 Å². The standard InChI is InChI=1S/C9H13N3OS2Se/c1-3-12(4-2)8(16)5-6(13)10-9(15)11-7(5)14/h5H,3-4H2,1-2H3,(H2,10,11,13,14,15). The minimum absolute atomic E-state index is 0.172. The number of rotatable bonds is 4. The van der Waals surface area contributed by atoms with Gasteiger partial charge in [0, 0.05) is 0 Å². The summed E-state index contributed by atoms with van der Waals surface area (Å²) in [5.74, 6) is -0.629. The van der Waals surface area contributed by atoms with Gasteiger partial charge < -0.3 is 0 Å². The number of hydrogen-bond donors (Lipinski definition) is 2. The first kappa shape index (κ1) is 13.7. The topological polar surface area (TPSA) is 44.4 Å². The second-order valence-electron chi connectivity index (χ2n) is 3.25. The number of amides is 1. The predicted molar refractivity (Wildman–Crippen MR) is 73.6 cm³/mol. The molecule has 1 atom stereocenters. The predicted octanol–water partition coefficient (Wildman–Crippen LogP) is -0.425. The third-order valence-electron chi connectivity index (χ3n) is 2.32. The number of nitrogens with zero attached hydrogens (tertiary/aromatic N) is 1. The molecule has 1 aliphatic rings. The van der Waals surface area contributed by atoms with Crippen molar-refractivity contribution in [3.05, 3.63) is 0 Å². The Morgan fingerprint density at radius 1 is 1.38 bits per heavy atom. The van der Waals surface area contributed by atoms with E-state index in [0.29, 0.717) is 4.99 Å². The summed E-state index contributed by atoms with van der Waals surface area (Å²) in [4.78, 5) is 14.3. The zero-order valence-corrected chi connectivity index (χ0v) is 12.4. The Bertz CT molecular complexity index is 335. The Kier molecular flexibility index (Phi) is 4.98. The Balaban J connectivity index is 2.86. The van der Waals surface area contributed by atoms with Gasteiger partial charge in [-0.2, -0.15) is 0 Å². The summed E-state index contributed by atoms with van der Waals surface area (Å²) in [6.07, 6.45) is 0. The molecule has 0 aromatic rings. The molecule has 1 heterocycles. The molecular formula is C9H13N3OS2Se. The number of nitrogens with one attached hydrogen (secondary N) is 2.